The lowest BCUT2D eigenvalue weighted by atomic mass is 10.0. The molecule has 0 bridgehead atoms. The minimum atomic E-state index is -1.46. The molecule has 26 heavy (non-hydrogen) atoms. The lowest BCUT2D eigenvalue weighted by Crippen LogP contribution is -2.30. The lowest BCUT2D eigenvalue weighted by Gasteiger charge is -2.28. The first-order valence-corrected chi connectivity index (χ1v) is 9.14. The van der Waals surface area contributed by atoms with Gasteiger partial charge in [-0.3, -0.25) is 4.90 Å². The van der Waals surface area contributed by atoms with Crippen molar-refractivity contribution in [1.82, 2.24) is 14.9 Å². The summed E-state index contributed by atoms with van der Waals surface area (Å²) in [6, 6.07) is 6.25. The molecule has 2 aromatic rings. The van der Waals surface area contributed by atoms with Crippen LogP contribution >= 0.6 is 11.8 Å². The van der Waals surface area contributed by atoms with Gasteiger partial charge in [0.1, 0.15) is 5.03 Å². The second-order valence-corrected chi connectivity index (χ2v) is 7.30. The van der Waals surface area contributed by atoms with Crippen molar-refractivity contribution in [3.63, 3.8) is 0 Å². The highest BCUT2D eigenvalue weighted by molar-refractivity contribution is 7.99. The molecule has 1 aromatic carbocycles. The summed E-state index contributed by atoms with van der Waals surface area (Å²) in [5.41, 5.74) is 2.57. The third-order valence-corrected chi connectivity index (χ3v) is 5.60. The second-order valence-electron chi connectivity index (χ2n) is 6.27. The van der Waals surface area contributed by atoms with E-state index in [0.29, 0.717) is 31.5 Å². The van der Waals surface area contributed by atoms with E-state index in [1.807, 2.05) is 0 Å². The van der Waals surface area contributed by atoms with Crippen molar-refractivity contribution in [3.05, 3.63) is 47.6 Å². The van der Waals surface area contributed by atoms with Crippen molar-refractivity contribution in [3.8, 4) is 0 Å². The molecule has 2 aliphatic rings. The van der Waals surface area contributed by atoms with Gasteiger partial charge in [-0.15, -0.1) is 0 Å². The molecule has 2 N–H and O–H groups in total. The normalized spacial score (nSPS) is 16.4. The maximum atomic E-state index is 13.5. The van der Waals surface area contributed by atoms with Crippen LogP contribution in [-0.2, 0) is 11.3 Å². The Kier molecular flexibility index (Phi) is 4.60. The van der Waals surface area contributed by atoms with Crippen molar-refractivity contribution in [2.45, 2.75) is 29.3 Å². The Morgan fingerprint density at radius 1 is 1.27 bits per heavy atom. The van der Waals surface area contributed by atoms with Gasteiger partial charge in [-0.05, 0) is 36.1 Å². The second kappa shape index (κ2) is 7.05. The number of fused-ring (bicyclic) bond motifs is 2. The first-order valence-electron chi connectivity index (χ1n) is 8.32. The molecule has 2 aliphatic heterocycles. The Balaban J connectivity index is 1.43. The van der Waals surface area contributed by atoms with Crippen LogP contribution in [-0.4, -0.2) is 39.0 Å². The fourth-order valence-electron chi connectivity index (χ4n) is 3.19. The zero-order valence-corrected chi connectivity index (χ0v) is 14.7. The van der Waals surface area contributed by atoms with Gasteiger partial charge in [-0.25, -0.2) is 14.8 Å². The predicted molar refractivity (Wildman–Crippen MR) is 96.2 cm³/mol. The van der Waals surface area contributed by atoms with E-state index in [1.165, 1.54) is 0 Å². The van der Waals surface area contributed by atoms with Crippen molar-refractivity contribution < 1.29 is 14.3 Å². The van der Waals surface area contributed by atoms with Crippen LogP contribution in [0.4, 0.5) is 15.9 Å². The molecular formula is C18H17FN4O2S. The summed E-state index contributed by atoms with van der Waals surface area (Å²) in [5, 5.41) is 12.9. The maximum Gasteiger partial charge on any atom is 0.364 e. The minimum absolute atomic E-state index is 0.410. The van der Waals surface area contributed by atoms with Crippen molar-refractivity contribution in [2.24, 2.45) is 0 Å². The van der Waals surface area contributed by atoms with E-state index in [0.717, 1.165) is 33.5 Å². The Morgan fingerprint density at radius 3 is 2.81 bits per heavy atom. The van der Waals surface area contributed by atoms with Crippen LogP contribution < -0.4 is 5.32 Å². The van der Waals surface area contributed by atoms with E-state index < -0.39 is 11.8 Å². The molecule has 6 nitrogen and oxygen atoms in total. The molecule has 0 spiro atoms. The number of likely N-dealkylation sites (tertiary alicyclic amines) is 1. The van der Waals surface area contributed by atoms with Gasteiger partial charge in [0.25, 0.3) is 0 Å². The summed E-state index contributed by atoms with van der Waals surface area (Å²) in [7, 11) is 0. The van der Waals surface area contributed by atoms with Crippen LogP contribution in [0.2, 0.25) is 0 Å². The molecule has 1 fully saturated rings. The first kappa shape index (κ1) is 17.0. The lowest BCUT2D eigenvalue weighted by molar-refractivity contribution is -0.134. The number of nitrogens with one attached hydrogen (secondary N) is 1. The molecule has 1 saturated heterocycles. The number of rotatable bonds is 3. The Morgan fingerprint density at radius 2 is 2.04 bits per heavy atom. The summed E-state index contributed by atoms with van der Waals surface area (Å²) in [6.45, 7) is 2.06. The van der Waals surface area contributed by atoms with Crippen LogP contribution in [0.5, 0.6) is 0 Å². The molecule has 0 saturated carbocycles. The first-order chi connectivity index (χ1) is 12.6. The fourth-order valence-corrected chi connectivity index (χ4v) is 4.07. The van der Waals surface area contributed by atoms with E-state index in [-0.39, 0.29) is 0 Å². The van der Waals surface area contributed by atoms with E-state index in [2.05, 4.69) is 38.4 Å². The van der Waals surface area contributed by atoms with E-state index in [4.69, 9.17) is 5.11 Å². The summed E-state index contributed by atoms with van der Waals surface area (Å²) < 4.78 is 13.5. The molecule has 0 atom stereocenters. The topological polar surface area (TPSA) is 78.4 Å². The number of carboxylic acid groups (broad SMARTS) is 1. The molecule has 4 rings (SSSR count). The Labute approximate surface area is 154 Å². The molecule has 0 unspecified atom stereocenters. The summed E-state index contributed by atoms with van der Waals surface area (Å²) in [4.78, 5) is 22.7. The largest absolute Gasteiger partial charge is 0.476 e. The molecule has 1 aromatic heterocycles. The van der Waals surface area contributed by atoms with Gasteiger partial charge in [0.15, 0.2) is 5.82 Å². The quantitative estimate of drug-likeness (QED) is 0.680. The molecular weight excluding hydrogens is 355 g/mol. The zero-order chi connectivity index (χ0) is 18.1. The third kappa shape index (κ3) is 3.42. The number of carbonyl (C=O) groups is 1. The smallest absolute Gasteiger partial charge is 0.364 e. The monoisotopic (exact) mass is 372 g/mol. The number of piperidine rings is 1. The van der Waals surface area contributed by atoms with Crippen LogP contribution in [0.25, 0.3) is 0 Å². The molecule has 0 aliphatic carbocycles. The number of carboxylic acids is 1. The van der Waals surface area contributed by atoms with Gasteiger partial charge >= 0.3 is 5.97 Å². The van der Waals surface area contributed by atoms with Gasteiger partial charge in [0.05, 0.1) is 5.69 Å². The summed E-state index contributed by atoms with van der Waals surface area (Å²) >= 11 is 1.59. The standard InChI is InChI=1S/C18H17FN4O2S/c19-15(18(24)25)12-3-7-23(8-4-12)10-11-1-2-14-13(9-11)22-16-17(26-14)21-6-5-20-16/h1-2,5-6,9H,3-4,7-8,10H2,(H,20,22)(H,24,25). The predicted octanol–water partition coefficient (Wildman–Crippen LogP) is 3.59. The number of aromatic nitrogens is 2. The SMILES string of the molecule is O=C(O)C(F)=C1CCN(Cc2ccc3c(c2)Nc2nccnc2S3)CC1. The number of hydrogen-bond donors (Lipinski definition) is 2. The van der Waals surface area contributed by atoms with E-state index in [9.17, 15) is 9.18 Å². The van der Waals surface area contributed by atoms with Crippen molar-refractivity contribution in [1.29, 1.82) is 0 Å². The highest BCUT2D eigenvalue weighted by Crippen LogP contribution is 2.42. The van der Waals surface area contributed by atoms with Crippen molar-refractivity contribution >= 4 is 29.2 Å². The number of hydrogen-bond acceptors (Lipinski definition) is 6. The Hall–Kier alpha value is -2.45. The number of anilines is 2. The number of nitrogens with zero attached hydrogens (tertiary/aromatic N) is 3. The molecule has 8 heteroatoms. The van der Waals surface area contributed by atoms with Gasteiger partial charge in [-0.1, -0.05) is 17.8 Å². The number of halogens is 1. The van der Waals surface area contributed by atoms with E-state index in [1.54, 1.807) is 24.2 Å². The number of aliphatic carboxylic acids is 1. The third-order valence-electron chi connectivity index (χ3n) is 4.53. The van der Waals surface area contributed by atoms with Crippen LogP contribution in [0.1, 0.15) is 18.4 Å². The highest BCUT2D eigenvalue weighted by atomic mass is 32.2. The summed E-state index contributed by atoms with van der Waals surface area (Å²) in [5.74, 6) is -1.69. The summed E-state index contributed by atoms with van der Waals surface area (Å²) in [6.07, 6.45) is 4.26. The average Bonchev–Trinajstić information content (AvgIpc) is 2.66. The zero-order valence-electron chi connectivity index (χ0n) is 13.9. The van der Waals surface area contributed by atoms with Gasteiger partial charge in [0.2, 0.25) is 5.83 Å². The van der Waals surface area contributed by atoms with Gasteiger partial charge in [0, 0.05) is 36.9 Å². The minimum Gasteiger partial charge on any atom is -0.476 e. The highest BCUT2D eigenvalue weighted by Gasteiger charge is 2.22. The molecule has 134 valence electrons. The van der Waals surface area contributed by atoms with Crippen LogP contribution in [0.15, 0.2) is 51.9 Å². The van der Waals surface area contributed by atoms with Crippen LogP contribution in [0, 0.1) is 0 Å². The molecule has 3 heterocycles. The van der Waals surface area contributed by atoms with Gasteiger partial charge in [-0.2, -0.15) is 4.39 Å². The maximum absolute atomic E-state index is 13.5. The van der Waals surface area contributed by atoms with Gasteiger partial charge < -0.3 is 10.4 Å². The molecule has 0 amide bonds. The Bertz CT molecular complexity index is 893. The van der Waals surface area contributed by atoms with E-state index >= 15 is 0 Å². The van der Waals surface area contributed by atoms with Crippen LogP contribution in [0.3, 0.4) is 0 Å². The number of benzene rings is 1. The average molecular weight is 372 g/mol. The fraction of sp³-hybridized carbons (Fsp3) is 0.278. The van der Waals surface area contributed by atoms with Crippen molar-refractivity contribution in [2.75, 3.05) is 18.4 Å². The molecule has 0 radical (unpaired) electrons.